The molecule has 2 aromatic carbocycles. The lowest BCUT2D eigenvalue weighted by Crippen LogP contribution is -2.36. The van der Waals surface area contributed by atoms with Gasteiger partial charge in [0.05, 0.1) is 12.5 Å². The summed E-state index contributed by atoms with van der Waals surface area (Å²) in [5, 5.41) is 14.3. The normalized spacial score (nSPS) is 16.7. The molecule has 0 aliphatic carbocycles. The maximum absolute atomic E-state index is 12.6. The first-order valence-corrected chi connectivity index (χ1v) is 9.38. The summed E-state index contributed by atoms with van der Waals surface area (Å²) < 4.78 is 0. The van der Waals surface area contributed by atoms with Gasteiger partial charge in [-0.3, -0.25) is 9.59 Å². The average Bonchev–Trinajstić information content (AvgIpc) is 2.61. The molecule has 1 atom stereocenters. The summed E-state index contributed by atoms with van der Waals surface area (Å²) in [6.45, 7) is 0. The quantitative estimate of drug-likeness (QED) is 0.870. The van der Waals surface area contributed by atoms with E-state index in [-0.39, 0.29) is 18.2 Å². The fraction of sp³-hybridized carbons (Fsp3) is 0.368. The lowest BCUT2D eigenvalue weighted by atomic mass is 9.95. The molecular formula is C19H21NO3S. The molecule has 1 saturated heterocycles. The molecule has 0 bridgehead atoms. The highest BCUT2D eigenvalue weighted by molar-refractivity contribution is 7.99. The molecule has 2 aromatic rings. The van der Waals surface area contributed by atoms with Crippen molar-refractivity contribution in [3.05, 3.63) is 48.0 Å². The SMILES string of the molecule is O=C(O)C[C@@H](NC(=O)C1CCSCC1)c1cccc2ccccc12. The number of carbonyl (C=O) groups is 2. The van der Waals surface area contributed by atoms with E-state index in [0.717, 1.165) is 40.7 Å². The van der Waals surface area contributed by atoms with Crippen LogP contribution in [0.4, 0.5) is 0 Å². The molecular weight excluding hydrogens is 322 g/mol. The third kappa shape index (κ3) is 3.90. The highest BCUT2D eigenvalue weighted by atomic mass is 32.2. The topological polar surface area (TPSA) is 66.4 Å². The van der Waals surface area contributed by atoms with E-state index in [1.807, 2.05) is 54.2 Å². The van der Waals surface area contributed by atoms with Crippen molar-refractivity contribution in [3.63, 3.8) is 0 Å². The van der Waals surface area contributed by atoms with Gasteiger partial charge in [0.15, 0.2) is 0 Å². The molecule has 1 heterocycles. The number of carbonyl (C=O) groups excluding carboxylic acids is 1. The van der Waals surface area contributed by atoms with Gasteiger partial charge in [0, 0.05) is 5.92 Å². The van der Waals surface area contributed by atoms with Crippen molar-refractivity contribution in [2.75, 3.05) is 11.5 Å². The van der Waals surface area contributed by atoms with Crippen molar-refractivity contribution in [2.24, 2.45) is 5.92 Å². The van der Waals surface area contributed by atoms with Gasteiger partial charge in [0.25, 0.3) is 0 Å². The predicted octanol–water partition coefficient (Wildman–Crippen LogP) is 3.62. The Balaban J connectivity index is 1.88. The zero-order valence-corrected chi connectivity index (χ0v) is 14.2. The monoisotopic (exact) mass is 343 g/mol. The third-order valence-electron chi connectivity index (χ3n) is 4.49. The van der Waals surface area contributed by atoms with Crippen molar-refractivity contribution in [1.29, 1.82) is 0 Å². The molecule has 1 aliphatic rings. The minimum atomic E-state index is -0.910. The van der Waals surface area contributed by atoms with Crippen LogP contribution in [0.25, 0.3) is 10.8 Å². The predicted molar refractivity (Wildman–Crippen MR) is 97.1 cm³/mol. The lowest BCUT2D eigenvalue weighted by molar-refractivity contribution is -0.138. The largest absolute Gasteiger partial charge is 0.481 e. The highest BCUT2D eigenvalue weighted by Gasteiger charge is 2.26. The Morgan fingerprint density at radius 3 is 2.58 bits per heavy atom. The van der Waals surface area contributed by atoms with Crippen LogP contribution in [0.3, 0.4) is 0 Å². The van der Waals surface area contributed by atoms with Crippen LogP contribution in [0.2, 0.25) is 0 Å². The second kappa shape index (κ2) is 7.71. The molecule has 5 heteroatoms. The van der Waals surface area contributed by atoms with E-state index in [4.69, 9.17) is 0 Å². The third-order valence-corrected chi connectivity index (χ3v) is 5.53. The van der Waals surface area contributed by atoms with E-state index in [1.54, 1.807) is 0 Å². The number of thioether (sulfide) groups is 1. The first kappa shape index (κ1) is 16.8. The Bertz CT molecular complexity index is 735. The number of hydrogen-bond donors (Lipinski definition) is 2. The number of benzene rings is 2. The van der Waals surface area contributed by atoms with Crippen LogP contribution in [-0.2, 0) is 9.59 Å². The van der Waals surface area contributed by atoms with Crippen molar-refractivity contribution in [1.82, 2.24) is 5.32 Å². The number of rotatable bonds is 5. The molecule has 0 spiro atoms. The molecule has 1 aliphatic heterocycles. The van der Waals surface area contributed by atoms with Gasteiger partial charge in [0.1, 0.15) is 0 Å². The van der Waals surface area contributed by atoms with E-state index >= 15 is 0 Å². The van der Waals surface area contributed by atoms with Crippen molar-refractivity contribution in [3.8, 4) is 0 Å². The molecule has 0 unspecified atom stereocenters. The number of aliphatic carboxylic acids is 1. The van der Waals surface area contributed by atoms with Gasteiger partial charge in [-0.1, -0.05) is 42.5 Å². The summed E-state index contributed by atoms with van der Waals surface area (Å²) in [5.41, 5.74) is 0.869. The highest BCUT2D eigenvalue weighted by Crippen LogP contribution is 2.28. The fourth-order valence-corrected chi connectivity index (χ4v) is 4.32. The number of carboxylic acid groups (broad SMARTS) is 1. The maximum Gasteiger partial charge on any atom is 0.305 e. The van der Waals surface area contributed by atoms with Gasteiger partial charge in [-0.05, 0) is 40.7 Å². The van der Waals surface area contributed by atoms with Crippen molar-refractivity contribution < 1.29 is 14.7 Å². The van der Waals surface area contributed by atoms with E-state index in [0.29, 0.717) is 0 Å². The Morgan fingerprint density at radius 1 is 1.12 bits per heavy atom. The zero-order chi connectivity index (χ0) is 16.9. The summed E-state index contributed by atoms with van der Waals surface area (Å²) in [5.74, 6) is 1.06. The van der Waals surface area contributed by atoms with Gasteiger partial charge in [-0.15, -0.1) is 0 Å². The molecule has 126 valence electrons. The summed E-state index contributed by atoms with van der Waals surface area (Å²) in [6, 6.07) is 13.2. The first-order chi connectivity index (χ1) is 11.6. The number of hydrogen-bond acceptors (Lipinski definition) is 3. The van der Waals surface area contributed by atoms with Crippen LogP contribution in [0.5, 0.6) is 0 Å². The molecule has 4 nitrogen and oxygen atoms in total. The molecule has 1 amide bonds. The van der Waals surface area contributed by atoms with Gasteiger partial charge < -0.3 is 10.4 Å². The summed E-state index contributed by atoms with van der Waals surface area (Å²) in [7, 11) is 0. The zero-order valence-electron chi connectivity index (χ0n) is 13.4. The molecule has 0 radical (unpaired) electrons. The second-order valence-electron chi connectivity index (χ2n) is 6.11. The number of carboxylic acids is 1. The van der Waals surface area contributed by atoms with E-state index in [2.05, 4.69) is 5.32 Å². The number of fused-ring (bicyclic) bond motifs is 1. The van der Waals surface area contributed by atoms with E-state index in [1.165, 1.54) is 0 Å². The number of amides is 1. The standard InChI is InChI=1S/C19H21NO3S/c21-18(22)12-17(20-19(23)14-8-10-24-11-9-14)16-7-3-5-13-4-1-2-6-15(13)16/h1-7,14,17H,8-12H2,(H,20,23)(H,21,22)/t17-/m1/s1. The Hall–Kier alpha value is -2.01. The fourth-order valence-electron chi connectivity index (χ4n) is 3.22. The average molecular weight is 343 g/mol. The van der Waals surface area contributed by atoms with Crippen LogP contribution in [0.1, 0.15) is 30.9 Å². The Kier molecular flexibility index (Phi) is 5.41. The number of nitrogens with one attached hydrogen (secondary N) is 1. The smallest absolute Gasteiger partial charge is 0.305 e. The van der Waals surface area contributed by atoms with Gasteiger partial charge in [0.2, 0.25) is 5.91 Å². The molecule has 0 aromatic heterocycles. The van der Waals surface area contributed by atoms with Crippen LogP contribution in [0.15, 0.2) is 42.5 Å². The minimum Gasteiger partial charge on any atom is -0.481 e. The molecule has 3 rings (SSSR count). The lowest BCUT2D eigenvalue weighted by Gasteiger charge is -2.25. The van der Waals surface area contributed by atoms with Crippen LogP contribution in [0, 0.1) is 5.92 Å². The Labute approximate surface area is 145 Å². The first-order valence-electron chi connectivity index (χ1n) is 8.22. The van der Waals surface area contributed by atoms with E-state index < -0.39 is 12.0 Å². The molecule has 24 heavy (non-hydrogen) atoms. The van der Waals surface area contributed by atoms with Gasteiger partial charge in [-0.2, -0.15) is 11.8 Å². The molecule has 0 saturated carbocycles. The van der Waals surface area contributed by atoms with Crippen LogP contribution in [-0.4, -0.2) is 28.5 Å². The summed E-state index contributed by atoms with van der Waals surface area (Å²) >= 11 is 1.87. The van der Waals surface area contributed by atoms with Gasteiger partial charge in [-0.25, -0.2) is 0 Å². The minimum absolute atomic E-state index is 0.00230. The van der Waals surface area contributed by atoms with Crippen molar-refractivity contribution >= 4 is 34.4 Å². The Morgan fingerprint density at radius 2 is 1.83 bits per heavy atom. The van der Waals surface area contributed by atoms with Crippen molar-refractivity contribution in [2.45, 2.75) is 25.3 Å². The van der Waals surface area contributed by atoms with E-state index in [9.17, 15) is 14.7 Å². The molecule has 2 N–H and O–H groups in total. The van der Waals surface area contributed by atoms with Crippen LogP contribution >= 0.6 is 11.8 Å². The molecule has 1 fully saturated rings. The second-order valence-corrected chi connectivity index (χ2v) is 7.34. The van der Waals surface area contributed by atoms with Crippen LogP contribution < -0.4 is 5.32 Å². The summed E-state index contributed by atoms with van der Waals surface area (Å²) in [6.07, 6.45) is 1.62. The maximum atomic E-state index is 12.6. The van der Waals surface area contributed by atoms with Gasteiger partial charge >= 0.3 is 5.97 Å². The summed E-state index contributed by atoms with van der Waals surface area (Å²) in [4.78, 5) is 23.9.